The van der Waals surface area contributed by atoms with Gasteiger partial charge < -0.3 is 30.4 Å². The number of rotatable bonds is 12. The highest BCUT2D eigenvalue weighted by Gasteiger charge is 2.23. The second-order valence-electron chi connectivity index (χ2n) is 12.0. The fourth-order valence-electron chi connectivity index (χ4n) is 5.97. The Morgan fingerprint density at radius 2 is 1.73 bits per heavy atom. The van der Waals surface area contributed by atoms with Crippen LogP contribution in [0.25, 0.3) is 21.3 Å². The number of amides is 2. The second kappa shape index (κ2) is 16.3. The standard InChI is InChI=1S/C37H38BrN5O5S/c38-29-22-24(23-39-18-14-26-11-13-32(44)34-35(26)49-37(47)42-34)10-12-31(29)40-33(45)17-21-43-19-15-27(16-20-43)48-36(46)41-30-9-5-4-8-28(30)25-6-2-1-3-7-25/h1-13,22,27,39,44H,14-21,23H2,(H,40,45)(H,41,46)(H,42,47). The van der Waals surface area contributed by atoms with E-state index in [4.69, 9.17) is 4.74 Å². The molecule has 5 N–H and O–H groups in total. The van der Waals surface area contributed by atoms with Crippen LogP contribution in [0.15, 0.2) is 94.2 Å². The van der Waals surface area contributed by atoms with E-state index in [-0.39, 0.29) is 22.6 Å². The van der Waals surface area contributed by atoms with Gasteiger partial charge in [0.15, 0.2) is 0 Å². The summed E-state index contributed by atoms with van der Waals surface area (Å²) < 4.78 is 7.34. The lowest BCUT2D eigenvalue weighted by Gasteiger charge is -2.31. The Kier molecular flexibility index (Phi) is 11.4. The normalized spacial score (nSPS) is 13.7. The van der Waals surface area contributed by atoms with Gasteiger partial charge in [-0.3, -0.25) is 14.9 Å². The number of para-hydroxylation sites is 1. The van der Waals surface area contributed by atoms with Gasteiger partial charge in [0.05, 0.1) is 16.1 Å². The number of anilines is 2. The lowest BCUT2D eigenvalue weighted by molar-refractivity contribution is -0.116. The number of thiazole rings is 1. The molecular weight excluding hydrogens is 706 g/mol. The zero-order chi connectivity index (χ0) is 34.2. The summed E-state index contributed by atoms with van der Waals surface area (Å²) in [6, 6.07) is 26.9. The van der Waals surface area contributed by atoms with E-state index >= 15 is 0 Å². The highest BCUT2D eigenvalue weighted by Crippen LogP contribution is 2.29. The number of nitrogens with zero attached hydrogens (tertiary/aromatic N) is 1. The van der Waals surface area contributed by atoms with Crippen molar-refractivity contribution in [2.75, 3.05) is 36.8 Å². The lowest BCUT2D eigenvalue weighted by Crippen LogP contribution is -2.39. The number of aromatic hydroxyl groups is 1. The highest BCUT2D eigenvalue weighted by atomic mass is 79.9. The van der Waals surface area contributed by atoms with Crippen LogP contribution in [0.4, 0.5) is 16.2 Å². The maximum Gasteiger partial charge on any atom is 0.411 e. The van der Waals surface area contributed by atoms with Crippen molar-refractivity contribution in [3.05, 3.63) is 110 Å². The number of carbonyl (C=O) groups is 2. The van der Waals surface area contributed by atoms with Crippen molar-refractivity contribution in [2.24, 2.45) is 0 Å². The fraction of sp³-hybridized carbons (Fsp3) is 0.270. The second-order valence-corrected chi connectivity index (χ2v) is 13.8. The fourth-order valence-corrected chi connectivity index (χ4v) is 7.39. The molecule has 0 aliphatic carbocycles. The number of carbonyl (C=O) groups excluding carboxylic acids is 2. The number of hydrogen-bond donors (Lipinski definition) is 5. The molecule has 4 aromatic carbocycles. The first-order chi connectivity index (χ1) is 23.8. The predicted octanol–water partition coefficient (Wildman–Crippen LogP) is 7.10. The Morgan fingerprint density at radius 1 is 0.959 bits per heavy atom. The molecule has 1 aliphatic heterocycles. The van der Waals surface area contributed by atoms with E-state index in [1.807, 2.05) is 78.9 Å². The molecule has 2 amide bonds. The molecule has 0 unspecified atom stereocenters. The zero-order valence-electron chi connectivity index (χ0n) is 26.8. The third-order valence-corrected chi connectivity index (χ3v) is 10.2. The molecule has 0 atom stereocenters. The molecule has 254 valence electrons. The molecule has 1 aromatic heterocycles. The zero-order valence-corrected chi connectivity index (χ0v) is 29.2. The van der Waals surface area contributed by atoms with Crippen LogP contribution in [-0.4, -0.2) is 59.3 Å². The molecular formula is C37H38BrN5O5S. The molecule has 10 nitrogen and oxygen atoms in total. The van der Waals surface area contributed by atoms with Gasteiger partial charge in [-0.25, -0.2) is 4.79 Å². The Morgan fingerprint density at radius 3 is 2.53 bits per heavy atom. The van der Waals surface area contributed by atoms with Crippen molar-refractivity contribution in [1.82, 2.24) is 15.2 Å². The number of H-pyrrole nitrogens is 1. The largest absolute Gasteiger partial charge is 0.506 e. The van der Waals surface area contributed by atoms with Crippen LogP contribution < -0.4 is 20.8 Å². The molecule has 2 heterocycles. The molecule has 0 spiro atoms. The number of phenols is 1. The topological polar surface area (TPSA) is 136 Å². The maximum absolute atomic E-state index is 12.8. The minimum Gasteiger partial charge on any atom is -0.506 e. The summed E-state index contributed by atoms with van der Waals surface area (Å²) in [5.74, 6) is 0.0196. The SMILES string of the molecule is O=C(CCN1CCC(OC(=O)Nc2ccccc2-c2ccccc2)CC1)Nc1ccc(CNCCc2ccc(O)c3[nH]c(=O)sc23)cc1Br. The molecule has 1 saturated heterocycles. The van der Waals surface area contributed by atoms with E-state index < -0.39 is 6.09 Å². The maximum atomic E-state index is 12.8. The number of aromatic amines is 1. The summed E-state index contributed by atoms with van der Waals surface area (Å²) in [4.78, 5) is 42.0. The number of likely N-dealkylation sites (tertiary alicyclic amines) is 1. The van der Waals surface area contributed by atoms with Crippen LogP contribution in [0.3, 0.4) is 0 Å². The first-order valence-electron chi connectivity index (χ1n) is 16.3. The Labute approximate surface area is 296 Å². The number of benzene rings is 4. The third kappa shape index (κ3) is 9.15. The number of ether oxygens (including phenoxy) is 1. The highest BCUT2D eigenvalue weighted by molar-refractivity contribution is 9.10. The van der Waals surface area contributed by atoms with Gasteiger partial charge in [-0.2, -0.15) is 0 Å². The van der Waals surface area contributed by atoms with Gasteiger partial charge in [0.1, 0.15) is 17.4 Å². The van der Waals surface area contributed by atoms with Gasteiger partial charge in [0.25, 0.3) is 0 Å². The van der Waals surface area contributed by atoms with Gasteiger partial charge >= 0.3 is 11.0 Å². The smallest absolute Gasteiger partial charge is 0.411 e. The van der Waals surface area contributed by atoms with Gasteiger partial charge in [-0.05, 0) is 82.7 Å². The molecule has 0 saturated carbocycles. The van der Waals surface area contributed by atoms with E-state index in [1.165, 1.54) is 0 Å². The predicted molar refractivity (Wildman–Crippen MR) is 198 cm³/mol. The summed E-state index contributed by atoms with van der Waals surface area (Å²) in [6.07, 6.45) is 1.87. The Hall–Kier alpha value is -4.49. The van der Waals surface area contributed by atoms with Crippen molar-refractivity contribution in [3.8, 4) is 16.9 Å². The number of piperidine rings is 1. The summed E-state index contributed by atoms with van der Waals surface area (Å²) in [7, 11) is 0. The van der Waals surface area contributed by atoms with Gasteiger partial charge in [0, 0.05) is 42.6 Å². The van der Waals surface area contributed by atoms with E-state index in [2.05, 4.69) is 41.8 Å². The summed E-state index contributed by atoms with van der Waals surface area (Å²) in [5, 5.41) is 19.3. The molecule has 6 rings (SSSR count). The van der Waals surface area contributed by atoms with Crippen molar-refractivity contribution >= 4 is 60.9 Å². The molecule has 0 bridgehead atoms. The average Bonchev–Trinajstić information content (AvgIpc) is 3.51. The third-order valence-electron chi connectivity index (χ3n) is 8.56. The summed E-state index contributed by atoms with van der Waals surface area (Å²) in [6.45, 7) is 3.46. The Bertz CT molecular complexity index is 1970. The van der Waals surface area contributed by atoms with E-state index in [0.29, 0.717) is 56.5 Å². The number of nitrogens with one attached hydrogen (secondary N) is 4. The van der Waals surface area contributed by atoms with E-state index in [9.17, 15) is 19.5 Å². The summed E-state index contributed by atoms with van der Waals surface area (Å²) >= 11 is 4.70. The van der Waals surface area contributed by atoms with Crippen LogP contribution >= 0.6 is 27.3 Å². The van der Waals surface area contributed by atoms with Crippen LogP contribution in [-0.2, 0) is 22.5 Å². The minimum absolute atomic E-state index is 0.0614. The van der Waals surface area contributed by atoms with Gasteiger partial charge in [-0.1, -0.05) is 72.0 Å². The number of hydrogen-bond acceptors (Lipinski definition) is 8. The molecule has 1 aliphatic rings. The van der Waals surface area contributed by atoms with Crippen molar-refractivity contribution in [3.63, 3.8) is 0 Å². The lowest BCUT2D eigenvalue weighted by atomic mass is 10.0. The van der Waals surface area contributed by atoms with Crippen molar-refractivity contribution in [1.29, 1.82) is 0 Å². The summed E-state index contributed by atoms with van der Waals surface area (Å²) in [5.41, 5.74) is 5.94. The van der Waals surface area contributed by atoms with E-state index in [1.54, 1.807) is 6.07 Å². The molecule has 12 heteroatoms. The quantitative estimate of drug-likeness (QED) is 0.0861. The molecule has 49 heavy (non-hydrogen) atoms. The molecule has 5 aromatic rings. The van der Waals surface area contributed by atoms with Gasteiger partial charge in [-0.15, -0.1) is 0 Å². The first kappa shape index (κ1) is 34.4. The number of fused-ring (bicyclic) bond motifs is 1. The average molecular weight is 745 g/mol. The van der Waals surface area contributed by atoms with Crippen LogP contribution in [0, 0.1) is 0 Å². The van der Waals surface area contributed by atoms with Crippen LogP contribution in [0.5, 0.6) is 5.75 Å². The van der Waals surface area contributed by atoms with Crippen LogP contribution in [0.2, 0.25) is 0 Å². The Balaban J connectivity index is 0.891. The molecule has 1 fully saturated rings. The first-order valence-corrected chi connectivity index (χ1v) is 17.9. The number of phenolic OH excluding ortho intramolecular Hbond substituents is 1. The number of aromatic nitrogens is 1. The monoisotopic (exact) mass is 743 g/mol. The number of halogens is 1. The van der Waals surface area contributed by atoms with Gasteiger partial charge in [0.2, 0.25) is 5.91 Å². The van der Waals surface area contributed by atoms with Crippen molar-refractivity contribution < 1.29 is 19.4 Å². The van der Waals surface area contributed by atoms with Crippen LogP contribution in [0.1, 0.15) is 30.4 Å². The minimum atomic E-state index is -0.457. The van der Waals surface area contributed by atoms with Crippen molar-refractivity contribution in [2.45, 2.75) is 38.3 Å². The molecule has 0 radical (unpaired) electrons. The van der Waals surface area contributed by atoms with E-state index in [0.717, 1.165) is 61.5 Å².